The molecule has 0 aliphatic carbocycles. The molecule has 0 amide bonds. The van der Waals surface area contributed by atoms with Crippen LogP contribution >= 0.6 is 12.2 Å². The van der Waals surface area contributed by atoms with Gasteiger partial charge >= 0.3 is 37.7 Å². The molecule has 0 unspecified atom stereocenters. The summed E-state index contributed by atoms with van der Waals surface area (Å²) in [7, 11) is 0. The van der Waals surface area contributed by atoms with Crippen molar-refractivity contribution in [3.63, 3.8) is 0 Å². The molecule has 0 atom stereocenters. The molecule has 0 fully saturated rings. The van der Waals surface area contributed by atoms with Crippen LogP contribution in [-0.4, -0.2) is 42.9 Å². The maximum atomic E-state index is 5.77. The molecule has 0 aromatic rings. The van der Waals surface area contributed by atoms with E-state index in [1.807, 2.05) is 0 Å². The molecule has 0 aliphatic rings. The molecule has 0 radical (unpaired) electrons. The second-order valence-corrected chi connectivity index (χ2v) is 0.306. The molecule has 1 N–H and O–H groups in total. The summed E-state index contributed by atoms with van der Waals surface area (Å²) in [6.45, 7) is 0. The van der Waals surface area contributed by atoms with Gasteiger partial charge in [-0.3, -0.25) is 0 Å². The van der Waals surface area contributed by atoms with E-state index in [-0.39, 0.29) is 40.6 Å². The average molecular weight is 101 g/mol. The van der Waals surface area contributed by atoms with E-state index in [1.165, 1.54) is 0 Å². The summed E-state index contributed by atoms with van der Waals surface area (Å²) in [6, 6.07) is 0. The Bertz CT molecular complexity index is 34.5. The molecule has 0 aromatic carbocycles. The van der Waals surface area contributed by atoms with Crippen molar-refractivity contribution in [1.29, 1.82) is 5.41 Å². The fourth-order valence-electron chi connectivity index (χ4n) is 0. The van der Waals surface area contributed by atoms with E-state index in [0.717, 1.165) is 0 Å². The Balaban J connectivity index is -0.00000000667. The molecule has 20 valence electrons. The molecule has 0 spiro atoms. The van der Waals surface area contributed by atoms with Crippen molar-refractivity contribution in [1.82, 2.24) is 0 Å². The second kappa shape index (κ2) is 8.96. The first-order chi connectivity index (χ1) is 1.41. The maximum absolute atomic E-state index is 5.77. The Hall–Kier alpha value is 1.06. The Morgan fingerprint density at radius 1 is 2.00 bits per heavy atom. The van der Waals surface area contributed by atoms with E-state index in [2.05, 4.69) is 12.2 Å². The van der Waals surface area contributed by atoms with Crippen LogP contribution in [0.1, 0.15) is 2.85 Å². The Kier molecular flexibility index (Phi) is 19.9. The van der Waals surface area contributed by atoms with Gasteiger partial charge in [-0.15, -0.1) is 0 Å². The third-order valence-electron chi connectivity index (χ3n) is 0. The summed E-state index contributed by atoms with van der Waals surface area (Å²) in [5.41, 5.74) is 0. The smallest absolute Gasteiger partial charge is 1.00 e. The molecule has 0 aliphatic heterocycles. The van der Waals surface area contributed by atoms with Crippen LogP contribution < -0.4 is 0 Å². The molecule has 0 aromatic heterocycles. The Morgan fingerprint density at radius 3 is 2.00 bits per heavy atom. The molecular formula is CH3CaNS. The number of rotatable bonds is 0. The van der Waals surface area contributed by atoms with E-state index in [4.69, 9.17) is 5.41 Å². The molecule has 0 saturated heterocycles. The van der Waals surface area contributed by atoms with E-state index in [0.29, 0.717) is 0 Å². The topological polar surface area (TPSA) is 23.9 Å². The van der Waals surface area contributed by atoms with Crippen LogP contribution in [0.2, 0.25) is 0 Å². The van der Waals surface area contributed by atoms with Crippen LogP contribution in [0.25, 0.3) is 0 Å². The molecule has 0 bridgehead atoms. The minimum absolute atomic E-state index is 0. The van der Waals surface area contributed by atoms with Crippen molar-refractivity contribution in [3.05, 3.63) is 0 Å². The largest absolute Gasteiger partial charge is 2.00 e. The van der Waals surface area contributed by atoms with Gasteiger partial charge in [-0.1, -0.05) is 0 Å². The zero-order chi connectivity index (χ0) is 2.71. The summed E-state index contributed by atoms with van der Waals surface area (Å²) < 4.78 is 0. The fraction of sp³-hybridized carbons (Fsp3) is 0. The van der Waals surface area contributed by atoms with E-state index >= 15 is 0 Å². The van der Waals surface area contributed by atoms with Crippen molar-refractivity contribution in [2.75, 3.05) is 0 Å². The van der Waals surface area contributed by atoms with Crippen LogP contribution in [-0.2, 0) is 0 Å². The van der Waals surface area contributed by atoms with E-state index < -0.39 is 0 Å². The molecule has 1 nitrogen and oxygen atoms in total. The van der Waals surface area contributed by atoms with Gasteiger partial charge in [-0.25, -0.2) is 5.41 Å². The predicted octanol–water partition coefficient (Wildman–Crippen LogP) is 0.512. The molecule has 0 heterocycles. The predicted molar refractivity (Wildman–Crippen MR) is 23.3 cm³/mol. The first kappa shape index (κ1) is 8.91. The van der Waals surface area contributed by atoms with Gasteiger partial charge in [-0.05, 0) is 12.2 Å². The number of hydrogen-bond acceptors (Lipinski definition) is 2. The Labute approximate surface area is 62.9 Å². The maximum Gasteiger partial charge on any atom is 2.00 e. The summed E-state index contributed by atoms with van der Waals surface area (Å²) in [4.78, 5) is 0. The number of thiocarbonyl (C=S) groups is 1. The molecule has 0 saturated carbocycles. The number of hydrogen-bond donors (Lipinski definition) is 1. The van der Waals surface area contributed by atoms with E-state index in [1.54, 1.807) is 5.16 Å². The van der Waals surface area contributed by atoms with Gasteiger partial charge in [-0.2, -0.15) is 0 Å². The molecule has 0 rings (SSSR count). The van der Waals surface area contributed by atoms with E-state index in [9.17, 15) is 0 Å². The zero-order valence-corrected chi connectivity index (χ0v) is 5.14. The van der Waals surface area contributed by atoms with Crippen LogP contribution in [0, 0.1) is 5.41 Å². The standard InChI is InChI=1S/CHNS.Ca.2H/c2-1-3;;;/h2H;;;/q;+2;2*-1. The summed E-state index contributed by atoms with van der Waals surface area (Å²) in [5, 5.41) is 7.36. The number of nitrogens with one attached hydrogen (secondary N) is 1. The monoisotopic (exact) mass is 101 g/mol. The first-order valence-electron chi connectivity index (χ1n) is 0.454. The van der Waals surface area contributed by atoms with Crippen LogP contribution in [0.3, 0.4) is 0 Å². The van der Waals surface area contributed by atoms with Gasteiger partial charge < -0.3 is 2.85 Å². The Morgan fingerprint density at radius 2 is 2.00 bits per heavy atom. The van der Waals surface area contributed by atoms with Crippen molar-refractivity contribution in [2.24, 2.45) is 0 Å². The zero-order valence-electron chi connectivity index (χ0n) is 4.12. The second-order valence-electron chi connectivity index (χ2n) is 0.102. The summed E-state index contributed by atoms with van der Waals surface area (Å²) >= 11 is 3.81. The quantitative estimate of drug-likeness (QED) is 0.268. The van der Waals surface area contributed by atoms with Crippen molar-refractivity contribution in [2.45, 2.75) is 0 Å². The van der Waals surface area contributed by atoms with Gasteiger partial charge in [0.15, 0.2) is 0 Å². The minimum Gasteiger partial charge on any atom is -1.00 e. The van der Waals surface area contributed by atoms with Crippen LogP contribution in [0.5, 0.6) is 0 Å². The van der Waals surface area contributed by atoms with Gasteiger partial charge in [0.25, 0.3) is 0 Å². The van der Waals surface area contributed by atoms with Crippen LogP contribution in [0.4, 0.5) is 0 Å². The first-order valence-corrected chi connectivity index (χ1v) is 0.862. The van der Waals surface area contributed by atoms with Gasteiger partial charge in [0.2, 0.25) is 0 Å². The SMILES string of the molecule is N=C=S.[Ca+2].[H-].[H-]. The summed E-state index contributed by atoms with van der Waals surface area (Å²) in [6.07, 6.45) is 0. The van der Waals surface area contributed by atoms with Gasteiger partial charge in [0.1, 0.15) is 0 Å². The molecular weight excluding hydrogens is 98.2 g/mol. The molecule has 4 heavy (non-hydrogen) atoms. The van der Waals surface area contributed by atoms with Crippen molar-refractivity contribution in [3.8, 4) is 0 Å². The van der Waals surface area contributed by atoms with Crippen molar-refractivity contribution < 1.29 is 2.85 Å². The van der Waals surface area contributed by atoms with Gasteiger partial charge in [0, 0.05) is 0 Å². The van der Waals surface area contributed by atoms with Gasteiger partial charge in [0.05, 0.1) is 5.16 Å². The average Bonchev–Trinajstić information content (AvgIpc) is 0.918. The van der Waals surface area contributed by atoms with Crippen LogP contribution in [0.15, 0.2) is 0 Å². The normalized spacial score (nSPS) is 2.00. The molecule has 3 heteroatoms. The third kappa shape index (κ3) is 11.6. The summed E-state index contributed by atoms with van der Waals surface area (Å²) in [5.74, 6) is 0. The third-order valence-corrected chi connectivity index (χ3v) is 0. The van der Waals surface area contributed by atoms with Crippen molar-refractivity contribution >= 4 is 55.1 Å². The minimum atomic E-state index is 0. The fourth-order valence-corrected chi connectivity index (χ4v) is 0. The number of isothiocyanates is 1.